The van der Waals surface area contributed by atoms with E-state index in [2.05, 4.69) is 19.9 Å². The molecule has 1 aliphatic heterocycles. The van der Waals surface area contributed by atoms with Gasteiger partial charge in [0, 0.05) is 25.3 Å². The summed E-state index contributed by atoms with van der Waals surface area (Å²) in [6.07, 6.45) is 5.35. The van der Waals surface area contributed by atoms with E-state index in [0.717, 1.165) is 62.9 Å². The Hall–Kier alpha value is -1.35. The maximum Gasteiger partial charge on any atom is 0.254 e. The number of rotatable bonds is 5. The molecule has 1 saturated heterocycles. The number of aryl methyl sites for hydroxylation is 1. The predicted octanol–water partition coefficient (Wildman–Crippen LogP) is 3.67. The van der Waals surface area contributed by atoms with Crippen LogP contribution in [0.2, 0.25) is 0 Å². The second-order valence-electron chi connectivity index (χ2n) is 5.73. The molecule has 0 bridgehead atoms. The quantitative estimate of drug-likeness (QED) is 0.827. The van der Waals surface area contributed by atoms with Crippen molar-refractivity contribution in [3.63, 3.8) is 0 Å². The lowest BCUT2D eigenvalue weighted by atomic mass is 10.0. The van der Waals surface area contributed by atoms with Crippen LogP contribution in [0.15, 0.2) is 24.3 Å². The second-order valence-corrected chi connectivity index (χ2v) is 5.73. The topological polar surface area (TPSA) is 29.5 Å². The Balaban J connectivity index is 2.00. The van der Waals surface area contributed by atoms with Crippen LogP contribution in [0, 0.1) is 0 Å². The minimum Gasteiger partial charge on any atom is -0.378 e. The van der Waals surface area contributed by atoms with Crippen molar-refractivity contribution in [1.29, 1.82) is 0 Å². The van der Waals surface area contributed by atoms with Crippen LogP contribution in [-0.4, -0.2) is 36.6 Å². The molecule has 0 N–H and O–H groups in total. The van der Waals surface area contributed by atoms with Crippen LogP contribution >= 0.6 is 0 Å². The van der Waals surface area contributed by atoms with Gasteiger partial charge in [-0.2, -0.15) is 0 Å². The third-order valence-electron chi connectivity index (χ3n) is 4.15. The fraction of sp³-hybridized carbons (Fsp3) is 0.611. The fourth-order valence-electron chi connectivity index (χ4n) is 2.93. The fourth-order valence-corrected chi connectivity index (χ4v) is 2.93. The highest BCUT2D eigenvalue weighted by molar-refractivity contribution is 5.95. The number of ether oxygens (including phenoxy) is 1. The summed E-state index contributed by atoms with van der Waals surface area (Å²) in [4.78, 5) is 14.7. The number of amides is 1. The molecule has 116 valence electrons. The summed E-state index contributed by atoms with van der Waals surface area (Å²) in [6, 6.07) is 7.97. The molecule has 2 rings (SSSR count). The van der Waals surface area contributed by atoms with Gasteiger partial charge in [0.2, 0.25) is 0 Å². The minimum absolute atomic E-state index is 0.184. The SMILES string of the molecule is CCCOC1CCCN(C(=O)c2ccccc2CC)CC1. The maximum atomic E-state index is 12.7. The number of likely N-dealkylation sites (tertiary alicyclic amines) is 1. The van der Waals surface area contributed by atoms with E-state index in [1.54, 1.807) is 0 Å². The van der Waals surface area contributed by atoms with Crippen molar-refractivity contribution in [1.82, 2.24) is 4.90 Å². The molecule has 0 aromatic heterocycles. The van der Waals surface area contributed by atoms with Gasteiger partial charge in [0.25, 0.3) is 5.91 Å². The van der Waals surface area contributed by atoms with Crippen molar-refractivity contribution < 1.29 is 9.53 Å². The lowest BCUT2D eigenvalue weighted by molar-refractivity contribution is 0.0432. The average Bonchev–Trinajstić information content (AvgIpc) is 2.77. The molecule has 21 heavy (non-hydrogen) atoms. The van der Waals surface area contributed by atoms with Gasteiger partial charge in [-0.1, -0.05) is 32.0 Å². The zero-order chi connectivity index (χ0) is 15.1. The first-order valence-corrected chi connectivity index (χ1v) is 8.25. The molecule has 1 fully saturated rings. The molecule has 1 heterocycles. The van der Waals surface area contributed by atoms with Gasteiger partial charge in [0.1, 0.15) is 0 Å². The van der Waals surface area contributed by atoms with E-state index >= 15 is 0 Å². The molecule has 0 radical (unpaired) electrons. The molecular formula is C18H27NO2. The minimum atomic E-state index is 0.184. The summed E-state index contributed by atoms with van der Waals surface area (Å²) in [5.41, 5.74) is 2.01. The smallest absolute Gasteiger partial charge is 0.254 e. The molecular weight excluding hydrogens is 262 g/mol. The van der Waals surface area contributed by atoms with Crippen molar-refractivity contribution in [3.8, 4) is 0 Å². The van der Waals surface area contributed by atoms with E-state index in [1.165, 1.54) is 0 Å². The maximum absolute atomic E-state index is 12.7. The monoisotopic (exact) mass is 289 g/mol. The Labute approximate surface area is 128 Å². The van der Waals surface area contributed by atoms with Gasteiger partial charge in [-0.25, -0.2) is 0 Å². The standard InChI is InChI=1S/C18H27NO2/c1-3-14-21-16-9-7-12-19(13-11-16)18(20)17-10-6-5-8-15(17)4-2/h5-6,8,10,16H,3-4,7,9,11-14H2,1-2H3. The highest BCUT2D eigenvalue weighted by Crippen LogP contribution is 2.18. The molecule has 0 aliphatic carbocycles. The highest BCUT2D eigenvalue weighted by Gasteiger charge is 2.22. The first-order valence-electron chi connectivity index (χ1n) is 8.25. The zero-order valence-electron chi connectivity index (χ0n) is 13.3. The van der Waals surface area contributed by atoms with Crippen LogP contribution < -0.4 is 0 Å². The molecule has 0 saturated carbocycles. The van der Waals surface area contributed by atoms with Gasteiger partial charge in [-0.3, -0.25) is 4.79 Å². The predicted molar refractivity (Wildman–Crippen MR) is 85.6 cm³/mol. The molecule has 3 heteroatoms. The molecule has 1 aromatic carbocycles. The Kier molecular flexibility index (Phi) is 6.24. The Morgan fingerprint density at radius 1 is 1.24 bits per heavy atom. The molecule has 1 aliphatic rings. The Morgan fingerprint density at radius 3 is 2.81 bits per heavy atom. The van der Waals surface area contributed by atoms with E-state index < -0.39 is 0 Å². The molecule has 1 unspecified atom stereocenters. The van der Waals surface area contributed by atoms with Gasteiger partial charge >= 0.3 is 0 Å². The Morgan fingerprint density at radius 2 is 2.05 bits per heavy atom. The van der Waals surface area contributed by atoms with Crippen LogP contribution in [0.1, 0.15) is 55.5 Å². The lowest BCUT2D eigenvalue weighted by Crippen LogP contribution is -2.33. The first-order chi connectivity index (χ1) is 10.3. The van der Waals surface area contributed by atoms with Gasteiger partial charge in [0.15, 0.2) is 0 Å². The number of hydrogen-bond acceptors (Lipinski definition) is 2. The number of hydrogen-bond donors (Lipinski definition) is 0. The first kappa shape index (κ1) is 16.0. The third-order valence-corrected chi connectivity index (χ3v) is 4.15. The Bertz CT molecular complexity index is 458. The summed E-state index contributed by atoms with van der Waals surface area (Å²) in [5.74, 6) is 0.184. The van der Waals surface area contributed by atoms with Crippen LogP contribution in [-0.2, 0) is 11.2 Å². The number of carbonyl (C=O) groups excluding carboxylic acids is 1. The zero-order valence-corrected chi connectivity index (χ0v) is 13.3. The van der Waals surface area contributed by atoms with Crippen LogP contribution in [0.25, 0.3) is 0 Å². The van der Waals surface area contributed by atoms with Crippen molar-refractivity contribution in [2.24, 2.45) is 0 Å². The van der Waals surface area contributed by atoms with E-state index in [0.29, 0.717) is 6.10 Å². The van der Waals surface area contributed by atoms with Crippen LogP contribution in [0.4, 0.5) is 0 Å². The van der Waals surface area contributed by atoms with E-state index in [4.69, 9.17) is 4.74 Å². The average molecular weight is 289 g/mol. The summed E-state index contributed by atoms with van der Waals surface area (Å²) < 4.78 is 5.85. The lowest BCUT2D eigenvalue weighted by Gasteiger charge is -2.22. The molecule has 1 atom stereocenters. The van der Waals surface area contributed by atoms with E-state index in [1.807, 2.05) is 23.1 Å². The van der Waals surface area contributed by atoms with Crippen LogP contribution in [0.5, 0.6) is 0 Å². The van der Waals surface area contributed by atoms with E-state index in [9.17, 15) is 4.79 Å². The molecule has 1 aromatic rings. The second kappa shape index (κ2) is 8.18. The van der Waals surface area contributed by atoms with Crippen LogP contribution in [0.3, 0.4) is 0 Å². The molecule has 1 amide bonds. The summed E-state index contributed by atoms with van der Waals surface area (Å²) in [6.45, 7) is 6.72. The molecule has 3 nitrogen and oxygen atoms in total. The normalized spacial score (nSPS) is 19.3. The highest BCUT2D eigenvalue weighted by atomic mass is 16.5. The number of nitrogens with zero attached hydrogens (tertiary/aromatic N) is 1. The summed E-state index contributed by atoms with van der Waals surface area (Å²) in [5, 5.41) is 0. The summed E-state index contributed by atoms with van der Waals surface area (Å²) >= 11 is 0. The van der Waals surface area contributed by atoms with Crippen molar-refractivity contribution in [3.05, 3.63) is 35.4 Å². The van der Waals surface area contributed by atoms with Crippen molar-refractivity contribution in [2.75, 3.05) is 19.7 Å². The van der Waals surface area contributed by atoms with Gasteiger partial charge in [-0.15, -0.1) is 0 Å². The molecule has 0 spiro atoms. The largest absolute Gasteiger partial charge is 0.378 e. The van der Waals surface area contributed by atoms with Gasteiger partial charge < -0.3 is 9.64 Å². The van der Waals surface area contributed by atoms with Gasteiger partial charge in [0.05, 0.1) is 6.10 Å². The van der Waals surface area contributed by atoms with Crippen molar-refractivity contribution in [2.45, 2.75) is 52.1 Å². The van der Waals surface area contributed by atoms with E-state index in [-0.39, 0.29) is 5.91 Å². The number of carbonyl (C=O) groups is 1. The van der Waals surface area contributed by atoms with Crippen molar-refractivity contribution >= 4 is 5.91 Å². The summed E-state index contributed by atoms with van der Waals surface area (Å²) in [7, 11) is 0. The number of benzene rings is 1. The third kappa shape index (κ3) is 4.31. The van der Waals surface area contributed by atoms with Gasteiger partial charge in [-0.05, 0) is 43.7 Å².